The minimum absolute atomic E-state index is 0.236. The van der Waals surface area contributed by atoms with Crippen molar-refractivity contribution >= 4 is 57.8 Å². The van der Waals surface area contributed by atoms with Gasteiger partial charge in [-0.3, -0.25) is 0 Å². The molecule has 6 rings (SSSR count). The summed E-state index contributed by atoms with van der Waals surface area (Å²) < 4.78 is 0. The maximum atomic E-state index is 2.56. The van der Waals surface area contributed by atoms with E-state index in [0.717, 1.165) is 0 Å². The zero-order valence-electron chi connectivity index (χ0n) is 21.4. The molecule has 0 saturated heterocycles. The molecule has 0 saturated carbocycles. The van der Waals surface area contributed by atoms with Gasteiger partial charge in [-0.05, 0) is 64.6 Å². The van der Waals surface area contributed by atoms with E-state index in [1.165, 1.54) is 77.8 Å². The van der Waals surface area contributed by atoms with Gasteiger partial charge >= 0.3 is 0 Å². The van der Waals surface area contributed by atoms with Crippen LogP contribution in [0.5, 0.6) is 0 Å². The smallest absolute Gasteiger partial charge is 0.247 e. The Balaban J connectivity index is 1.75. The summed E-state index contributed by atoms with van der Waals surface area (Å²) in [5.41, 5.74) is 19.4. The Kier molecular flexibility index (Phi) is 4.65. The van der Waals surface area contributed by atoms with Gasteiger partial charge in [0.2, 0.25) is 13.4 Å². The molecule has 3 heteroatoms. The van der Waals surface area contributed by atoms with Gasteiger partial charge in [0.25, 0.3) is 0 Å². The lowest BCUT2D eigenvalue weighted by atomic mass is 9.31. The highest BCUT2D eigenvalue weighted by Gasteiger charge is 2.42. The summed E-state index contributed by atoms with van der Waals surface area (Å²) in [6.45, 7) is 16.5. The molecule has 2 aliphatic heterocycles. The number of hydrogen-bond donors (Lipinski definition) is 0. The third-order valence-corrected chi connectivity index (χ3v) is 7.97. The molecular formula is C31H31B2N. The lowest BCUT2D eigenvalue weighted by Crippen LogP contribution is -2.63. The second-order valence-corrected chi connectivity index (χ2v) is 10.7. The van der Waals surface area contributed by atoms with Crippen molar-refractivity contribution in [2.45, 2.75) is 48.4 Å². The van der Waals surface area contributed by atoms with Crippen molar-refractivity contribution in [3.63, 3.8) is 0 Å². The van der Waals surface area contributed by atoms with Crippen LogP contribution in [0.3, 0.4) is 0 Å². The van der Waals surface area contributed by atoms with E-state index < -0.39 is 0 Å². The van der Waals surface area contributed by atoms with Gasteiger partial charge in [-0.2, -0.15) is 0 Å². The second kappa shape index (κ2) is 7.40. The summed E-state index contributed by atoms with van der Waals surface area (Å²) in [5.74, 6) is 0. The van der Waals surface area contributed by atoms with Gasteiger partial charge in [-0.15, -0.1) is 0 Å². The van der Waals surface area contributed by atoms with E-state index in [1.54, 1.807) is 0 Å². The Morgan fingerprint density at radius 3 is 1.68 bits per heavy atom. The van der Waals surface area contributed by atoms with Crippen molar-refractivity contribution in [1.29, 1.82) is 0 Å². The van der Waals surface area contributed by atoms with Gasteiger partial charge in [0, 0.05) is 17.1 Å². The third kappa shape index (κ3) is 2.96. The molecule has 0 atom stereocenters. The number of rotatable bonds is 1. The SMILES string of the molecule is CB1c2cc(C)ccc2N2c3ccc(C)cc3B(c3c(C)cc(C)cc3C)c3cc(C)cc1c32. The highest BCUT2D eigenvalue weighted by molar-refractivity contribution is 7.00. The quantitative estimate of drug-likeness (QED) is 0.351. The average Bonchev–Trinajstić information content (AvgIpc) is 2.77. The van der Waals surface area contributed by atoms with Crippen molar-refractivity contribution in [2.75, 3.05) is 4.90 Å². The molecule has 0 aliphatic carbocycles. The second-order valence-electron chi connectivity index (χ2n) is 10.7. The van der Waals surface area contributed by atoms with Crippen LogP contribution in [-0.4, -0.2) is 13.4 Å². The highest BCUT2D eigenvalue weighted by atomic mass is 15.2. The lowest BCUT2D eigenvalue weighted by Gasteiger charge is -2.44. The van der Waals surface area contributed by atoms with Gasteiger partial charge in [-0.25, -0.2) is 0 Å². The molecule has 2 heterocycles. The molecule has 4 aromatic carbocycles. The molecule has 0 amide bonds. The topological polar surface area (TPSA) is 3.24 Å². The Morgan fingerprint density at radius 2 is 1.03 bits per heavy atom. The maximum Gasteiger partial charge on any atom is 0.247 e. The summed E-state index contributed by atoms with van der Waals surface area (Å²) in [6, 6.07) is 23.6. The molecular weight excluding hydrogens is 408 g/mol. The van der Waals surface area contributed by atoms with Crippen LogP contribution in [0.4, 0.5) is 17.1 Å². The molecule has 1 nitrogen and oxygen atoms in total. The van der Waals surface area contributed by atoms with Crippen LogP contribution in [0.2, 0.25) is 6.82 Å². The van der Waals surface area contributed by atoms with E-state index in [1.807, 2.05) is 0 Å². The van der Waals surface area contributed by atoms with Crippen LogP contribution < -0.4 is 32.2 Å². The lowest BCUT2D eigenvalue weighted by molar-refractivity contribution is 1.28. The fraction of sp³-hybridized carbons (Fsp3) is 0.226. The molecule has 0 radical (unpaired) electrons. The Labute approximate surface area is 205 Å². The van der Waals surface area contributed by atoms with Crippen LogP contribution in [0.15, 0.2) is 60.7 Å². The average molecular weight is 439 g/mol. The molecule has 0 N–H and O–H groups in total. The number of anilines is 3. The predicted octanol–water partition coefficient (Wildman–Crippen LogP) is 4.39. The van der Waals surface area contributed by atoms with Gasteiger partial charge in [0.1, 0.15) is 0 Å². The van der Waals surface area contributed by atoms with Gasteiger partial charge in [0.15, 0.2) is 0 Å². The number of hydrogen-bond acceptors (Lipinski definition) is 1. The number of benzene rings is 4. The van der Waals surface area contributed by atoms with E-state index in [2.05, 4.69) is 114 Å². The molecule has 2 aliphatic rings. The van der Waals surface area contributed by atoms with Crippen LogP contribution >= 0.6 is 0 Å². The molecule has 0 aromatic heterocycles. The minimum Gasteiger partial charge on any atom is -0.313 e. The summed E-state index contributed by atoms with van der Waals surface area (Å²) in [5, 5.41) is 0. The summed E-state index contributed by atoms with van der Waals surface area (Å²) in [6.07, 6.45) is 0. The fourth-order valence-corrected chi connectivity index (χ4v) is 6.64. The van der Waals surface area contributed by atoms with E-state index in [0.29, 0.717) is 6.71 Å². The number of fused-ring (bicyclic) bond motifs is 4. The third-order valence-electron chi connectivity index (χ3n) is 7.97. The van der Waals surface area contributed by atoms with Crippen molar-refractivity contribution in [3.8, 4) is 0 Å². The minimum atomic E-state index is 0.236. The summed E-state index contributed by atoms with van der Waals surface area (Å²) >= 11 is 0. The van der Waals surface area contributed by atoms with Crippen molar-refractivity contribution < 1.29 is 0 Å². The number of nitrogens with zero attached hydrogens (tertiary/aromatic N) is 1. The molecule has 34 heavy (non-hydrogen) atoms. The molecule has 0 unspecified atom stereocenters. The fourth-order valence-electron chi connectivity index (χ4n) is 6.64. The van der Waals surface area contributed by atoms with Crippen LogP contribution in [0.1, 0.15) is 33.4 Å². The van der Waals surface area contributed by atoms with Gasteiger partial charge < -0.3 is 4.90 Å². The standard InChI is InChI=1S/C31H31B2N/c1-18-8-10-28-24(14-18)32(7)26-16-21(4)17-27-31(26)34(28)29-11-9-19(2)15-25(29)33(27)30-22(5)12-20(3)13-23(30)6/h8-17H,1-7H3. The largest absolute Gasteiger partial charge is 0.313 e. The Bertz CT molecular complexity index is 1480. The van der Waals surface area contributed by atoms with E-state index >= 15 is 0 Å². The van der Waals surface area contributed by atoms with Crippen LogP contribution in [0.25, 0.3) is 0 Å². The van der Waals surface area contributed by atoms with Crippen molar-refractivity contribution in [2.24, 2.45) is 0 Å². The molecule has 0 spiro atoms. The zero-order chi connectivity index (χ0) is 23.9. The first-order valence-corrected chi connectivity index (χ1v) is 12.5. The molecule has 0 bridgehead atoms. The van der Waals surface area contributed by atoms with E-state index in [9.17, 15) is 0 Å². The summed E-state index contributed by atoms with van der Waals surface area (Å²) in [4.78, 5) is 2.56. The van der Waals surface area contributed by atoms with Gasteiger partial charge in [0.05, 0.1) is 0 Å². The maximum absolute atomic E-state index is 2.56. The van der Waals surface area contributed by atoms with E-state index in [4.69, 9.17) is 0 Å². The molecule has 0 fully saturated rings. The predicted molar refractivity (Wildman–Crippen MR) is 152 cm³/mol. The number of aryl methyl sites for hydroxylation is 6. The normalized spacial score (nSPS) is 13.6. The monoisotopic (exact) mass is 439 g/mol. The first-order valence-electron chi connectivity index (χ1n) is 12.5. The summed E-state index contributed by atoms with van der Waals surface area (Å²) in [7, 11) is 0. The van der Waals surface area contributed by atoms with Crippen LogP contribution in [0, 0.1) is 41.5 Å². The zero-order valence-corrected chi connectivity index (χ0v) is 21.4. The molecule has 166 valence electrons. The van der Waals surface area contributed by atoms with Crippen molar-refractivity contribution in [3.05, 3.63) is 94.0 Å². The Hall–Kier alpha value is -3.19. The molecule has 4 aromatic rings. The van der Waals surface area contributed by atoms with Crippen molar-refractivity contribution in [1.82, 2.24) is 0 Å². The van der Waals surface area contributed by atoms with Gasteiger partial charge in [-0.1, -0.05) is 105 Å². The van der Waals surface area contributed by atoms with E-state index in [-0.39, 0.29) is 6.71 Å². The Morgan fingerprint density at radius 1 is 0.529 bits per heavy atom. The van der Waals surface area contributed by atoms with Crippen LogP contribution in [-0.2, 0) is 0 Å². The first kappa shape index (κ1) is 21.4. The highest BCUT2D eigenvalue weighted by Crippen LogP contribution is 2.38. The first-order chi connectivity index (χ1) is 16.2.